The molecule has 2 aliphatic carbocycles. The molecule has 1 heterocycles. The number of hydrogen-bond acceptors (Lipinski definition) is 4. The number of hydrogen-bond donors (Lipinski definition) is 1. The van der Waals surface area contributed by atoms with E-state index in [-0.39, 0.29) is 6.84 Å². The molecule has 2 aromatic rings. The molecule has 1 amide bonds. The zero-order valence-electron chi connectivity index (χ0n) is 20.8. The topological polar surface area (TPSA) is 48.5 Å². The van der Waals surface area contributed by atoms with Gasteiger partial charge in [0.2, 0.25) is 6.41 Å². The molecule has 1 fully saturated rings. The van der Waals surface area contributed by atoms with Crippen LogP contribution in [0.25, 0.3) is 0 Å². The lowest BCUT2D eigenvalue weighted by molar-refractivity contribution is -0.117. The molecule has 4 rings (SSSR count). The van der Waals surface area contributed by atoms with Crippen LogP contribution >= 0.6 is 0 Å². The molecule has 0 radical (unpaired) electrons. The fourth-order valence-electron chi connectivity index (χ4n) is 4.23. The molecule has 5 nitrogen and oxygen atoms in total. The van der Waals surface area contributed by atoms with Crippen molar-refractivity contribution in [2.45, 2.75) is 70.3 Å². The first kappa shape index (κ1) is 27.6. The third-order valence-electron chi connectivity index (χ3n) is 6.57. The van der Waals surface area contributed by atoms with Gasteiger partial charge in [0, 0.05) is 38.7 Å². The maximum atomic E-state index is 10.7. The summed E-state index contributed by atoms with van der Waals surface area (Å²) >= 11 is 0. The van der Waals surface area contributed by atoms with Gasteiger partial charge in [-0.3, -0.25) is 4.79 Å². The molecule has 0 bridgehead atoms. The summed E-state index contributed by atoms with van der Waals surface area (Å²) in [7, 11) is 6.07. The van der Waals surface area contributed by atoms with Crippen LogP contribution in [0.5, 0.6) is 0 Å². The third kappa shape index (κ3) is 8.01. The van der Waals surface area contributed by atoms with E-state index in [4.69, 9.17) is 0 Å². The summed E-state index contributed by atoms with van der Waals surface area (Å²) in [4.78, 5) is 19.1. The van der Waals surface area contributed by atoms with E-state index in [9.17, 15) is 18.0 Å². The number of alkyl halides is 3. The molecule has 1 aromatic heterocycles. The van der Waals surface area contributed by atoms with Crippen molar-refractivity contribution in [1.82, 2.24) is 14.8 Å². The van der Waals surface area contributed by atoms with Gasteiger partial charge in [0.1, 0.15) is 5.82 Å². The van der Waals surface area contributed by atoms with Gasteiger partial charge in [-0.1, -0.05) is 50.6 Å². The number of nitrogens with one attached hydrogen (secondary N) is 1. The molecule has 0 aliphatic heterocycles. The maximum Gasteiger partial charge on any atom is 0.379 e. The van der Waals surface area contributed by atoms with Crippen molar-refractivity contribution >= 4 is 12.2 Å². The summed E-state index contributed by atoms with van der Waals surface area (Å²) in [6.07, 6.45) is 7.96. The molecule has 0 spiro atoms. The van der Waals surface area contributed by atoms with Crippen molar-refractivity contribution in [3.05, 3.63) is 59.3 Å². The number of pyridine rings is 1. The molecule has 1 atom stereocenters. The molecule has 1 unspecified atom stereocenters. The molecule has 1 aromatic carbocycles. The lowest BCUT2D eigenvalue weighted by atomic mass is 9.83. The van der Waals surface area contributed by atoms with E-state index in [1.807, 2.05) is 18.3 Å². The van der Waals surface area contributed by atoms with Crippen LogP contribution in [-0.4, -0.2) is 61.1 Å². The number of fused-ring (bicyclic) bond motifs is 1. The van der Waals surface area contributed by atoms with Gasteiger partial charge in [-0.2, -0.15) is 13.2 Å². The summed E-state index contributed by atoms with van der Waals surface area (Å²) < 4.78 is 29.0. The number of anilines is 1. The molecular formula is C26H39F3N4O. The largest absolute Gasteiger partial charge is 0.379 e. The highest BCUT2D eigenvalue weighted by atomic mass is 19.4. The first-order chi connectivity index (χ1) is 16.0. The number of halogens is 3. The molecule has 1 saturated carbocycles. The fraction of sp³-hybridized carbons (Fsp3) is 0.538. The van der Waals surface area contributed by atoms with E-state index in [2.05, 4.69) is 67.4 Å². The van der Waals surface area contributed by atoms with E-state index >= 15 is 0 Å². The van der Waals surface area contributed by atoms with Gasteiger partial charge < -0.3 is 15.1 Å². The monoisotopic (exact) mass is 480 g/mol. The van der Waals surface area contributed by atoms with E-state index in [1.54, 1.807) is 11.9 Å². The predicted molar refractivity (Wildman–Crippen MR) is 133 cm³/mol. The van der Waals surface area contributed by atoms with Crippen LogP contribution in [0.2, 0.25) is 0 Å². The molecule has 34 heavy (non-hydrogen) atoms. The Labute approximate surface area is 202 Å². The van der Waals surface area contributed by atoms with Gasteiger partial charge in [0.25, 0.3) is 0 Å². The average Bonchev–Trinajstić information content (AvgIpc) is 2.98. The smallest absolute Gasteiger partial charge is 0.366 e. The minimum Gasteiger partial charge on any atom is -0.366 e. The summed E-state index contributed by atoms with van der Waals surface area (Å²) in [6, 6.07) is 13.9. The fourth-order valence-corrected chi connectivity index (χ4v) is 4.23. The Morgan fingerprint density at radius 1 is 1.15 bits per heavy atom. The highest BCUT2D eigenvalue weighted by molar-refractivity contribution is 5.48. The summed E-state index contributed by atoms with van der Waals surface area (Å²) in [6.45, 7) is 1.48. The normalized spacial score (nSPS) is 18.1. The molecule has 190 valence electrons. The van der Waals surface area contributed by atoms with Gasteiger partial charge in [-0.05, 0) is 56.1 Å². The van der Waals surface area contributed by atoms with Gasteiger partial charge in [0.05, 0.1) is 0 Å². The lowest BCUT2D eigenvalue weighted by Crippen LogP contribution is -2.36. The highest BCUT2D eigenvalue weighted by Gasteiger charge is 2.39. The van der Waals surface area contributed by atoms with Crippen LogP contribution in [0.15, 0.2) is 42.6 Å². The number of benzene rings is 1. The van der Waals surface area contributed by atoms with Crippen LogP contribution in [-0.2, 0) is 23.2 Å². The first-order valence-electron chi connectivity index (χ1n) is 11.6. The number of carbonyl (C=O) groups is 1. The SMILES string of the molecule is CN(C)C1CCC1.CN(C=O)Cc1ccc(NC2Cc3ccccc3C2(C)C)nc1.FC(F)F.[HH]. The average molecular weight is 481 g/mol. The quantitative estimate of drug-likeness (QED) is 0.554. The van der Waals surface area contributed by atoms with E-state index in [0.29, 0.717) is 12.6 Å². The van der Waals surface area contributed by atoms with Crippen LogP contribution in [0.1, 0.15) is 51.2 Å². The van der Waals surface area contributed by atoms with Crippen molar-refractivity contribution in [2.75, 3.05) is 26.5 Å². The van der Waals surface area contributed by atoms with Crippen molar-refractivity contribution in [2.24, 2.45) is 0 Å². The van der Waals surface area contributed by atoms with Crippen LogP contribution < -0.4 is 5.32 Å². The number of nitrogens with zero attached hydrogens (tertiary/aromatic N) is 3. The molecule has 8 heteroatoms. The Kier molecular flexibility index (Phi) is 10.4. The zero-order chi connectivity index (χ0) is 25.3. The number of aromatic nitrogens is 1. The minimum absolute atomic E-state index is 0. The second kappa shape index (κ2) is 12.7. The van der Waals surface area contributed by atoms with Gasteiger partial charge >= 0.3 is 6.68 Å². The Morgan fingerprint density at radius 2 is 1.79 bits per heavy atom. The van der Waals surface area contributed by atoms with Crippen molar-refractivity contribution in [3.63, 3.8) is 0 Å². The summed E-state index contributed by atoms with van der Waals surface area (Å²) in [5, 5.41) is 3.58. The Morgan fingerprint density at radius 3 is 2.24 bits per heavy atom. The van der Waals surface area contributed by atoms with Crippen molar-refractivity contribution in [3.8, 4) is 0 Å². The van der Waals surface area contributed by atoms with E-state index < -0.39 is 6.68 Å². The van der Waals surface area contributed by atoms with Gasteiger partial charge in [0.15, 0.2) is 0 Å². The number of amides is 1. The Balaban J connectivity index is 0.000000425. The van der Waals surface area contributed by atoms with E-state index in [0.717, 1.165) is 30.3 Å². The van der Waals surface area contributed by atoms with Gasteiger partial charge in [-0.15, -0.1) is 0 Å². The molecule has 2 aliphatic rings. The zero-order valence-corrected chi connectivity index (χ0v) is 20.8. The molecule has 0 saturated heterocycles. The number of carbonyl (C=O) groups excluding carboxylic acids is 1. The summed E-state index contributed by atoms with van der Waals surface area (Å²) in [5.41, 5.74) is 3.94. The highest BCUT2D eigenvalue weighted by Crippen LogP contribution is 2.39. The minimum atomic E-state index is -3.67. The van der Waals surface area contributed by atoms with Crippen molar-refractivity contribution in [1.29, 1.82) is 0 Å². The van der Waals surface area contributed by atoms with Crippen molar-refractivity contribution < 1.29 is 19.4 Å². The van der Waals surface area contributed by atoms with Crippen LogP contribution in [0, 0.1) is 0 Å². The third-order valence-corrected chi connectivity index (χ3v) is 6.57. The number of rotatable bonds is 6. The molecule has 1 N–H and O–H groups in total. The lowest BCUT2D eigenvalue weighted by Gasteiger charge is -2.31. The second-order valence-electron chi connectivity index (χ2n) is 9.65. The molecular weight excluding hydrogens is 441 g/mol. The Bertz CT molecular complexity index is 890. The first-order valence-corrected chi connectivity index (χ1v) is 11.6. The standard InChI is InChI=1S/C19H23N3O.C6H13N.CHF3.H2/c1-19(2)16-7-5-4-6-15(16)10-17(19)21-18-9-8-14(11-20-18)12-22(3)13-23;1-7(2)6-4-3-5-6;2-1(3)4;/h4-9,11,13,17H,10,12H2,1-3H3,(H,20,21);6H,3-5H2,1-2H3;1H;1H. The van der Waals surface area contributed by atoms with E-state index in [1.165, 1.54) is 30.4 Å². The summed E-state index contributed by atoms with van der Waals surface area (Å²) in [5.74, 6) is 0.883. The predicted octanol–water partition coefficient (Wildman–Crippen LogP) is 5.51. The van der Waals surface area contributed by atoms with Crippen LogP contribution in [0.3, 0.4) is 0 Å². The van der Waals surface area contributed by atoms with Crippen LogP contribution in [0.4, 0.5) is 19.0 Å². The second-order valence-corrected chi connectivity index (χ2v) is 9.65. The maximum absolute atomic E-state index is 10.7. The van der Waals surface area contributed by atoms with Gasteiger partial charge in [-0.25, -0.2) is 4.98 Å². The Hall–Kier alpha value is -2.61.